The fourth-order valence-electron chi connectivity index (χ4n) is 18.5. The Kier molecular flexibility index (Phi) is 16.0. The zero-order valence-corrected chi connectivity index (χ0v) is 71.0. The molecule has 0 bridgehead atoms. The van der Waals surface area contributed by atoms with Gasteiger partial charge in [-0.3, -0.25) is 4.98 Å². The van der Waals surface area contributed by atoms with E-state index in [0.29, 0.717) is 11.1 Å². The lowest BCUT2D eigenvalue weighted by molar-refractivity contribution is -0.659. The highest BCUT2D eigenvalue weighted by atomic mass is 32.1. The average molecular weight is 1610 g/mol. The van der Waals surface area contributed by atoms with Crippen molar-refractivity contribution >= 4 is 169 Å². The Labute approximate surface area is 722 Å². The van der Waals surface area contributed by atoms with Gasteiger partial charge in [-0.25, -0.2) is 0 Å². The largest absolute Gasteiger partial charge is 0.264 e. The monoisotopic (exact) mass is 1610 g/mol. The maximum Gasteiger partial charge on any atom is 0.230 e. The van der Waals surface area contributed by atoms with E-state index in [0.717, 1.165) is 158 Å². The number of benzene rings is 11. The van der Waals surface area contributed by atoms with E-state index in [9.17, 15) is 1.37 Å². The number of hydrogen-bond acceptors (Lipinski definition) is 5. The summed E-state index contributed by atoms with van der Waals surface area (Å²) in [6.45, 7) is 3.72. The molecule has 9 aromatic heterocycles. The van der Waals surface area contributed by atoms with Crippen LogP contribution in [0.25, 0.3) is 169 Å². The molecule has 5 nitrogen and oxygen atoms in total. The van der Waals surface area contributed by atoms with Gasteiger partial charge in [0, 0.05) is 122 Å². The van der Waals surface area contributed by atoms with Crippen LogP contribution in [0.5, 0.6) is 0 Å². The number of hydrogen-bond donors (Lipinski definition) is 0. The lowest BCUT2D eigenvalue weighted by Gasteiger charge is -2.34. The van der Waals surface area contributed by atoms with Crippen LogP contribution < -0.4 is 18.3 Å². The highest BCUT2D eigenvalue weighted by Crippen LogP contribution is 2.49. The smallest absolute Gasteiger partial charge is 0.230 e. The van der Waals surface area contributed by atoms with E-state index in [1.807, 2.05) is 84.3 Å². The van der Waals surface area contributed by atoms with Gasteiger partial charge in [0.2, 0.25) is 22.8 Å². The molecule has 20 aromatic rings. The van der Waals surface area contributed by atoms with Crippen LogP contribution in [-0.4, -0.2) is 4.98 Å². The summed E-state index contributed by atoms with van der Waals surface area (Å²) in [6.07, 6.45) is 19.2. The van der Waals surface area contributed by atoms with E-state index in [1.54, 1.807) is 59.3 Å². The number of aromatic nitrogens is 5. The summed E-state index contributed by atoms with van der Waals surface area (Å²) in [5, 5.41) is 17.9. The molecule has 0 amide bonds. The lowest BCUT2D eigenvalue weighted by Crippen LogP contribution is -2.31. The van der Waals surface area contributed by atoms with E-state index in [2.05, 4.69) is 244 Å². The van der Waals surface area contributed by atoms with Crippen molar-refractivity contribution in [2.75, 3.05) is 0 Å². The molecule has 0 aliphatic heterocycles. The molecule has 2 aliphatic carbocycles. The number of nitrogens with zero attached hydrogens (tertiary/aromatic N) is 5. The molecule has 0 saturated heterocycles. The fraction of sp³-hybridized carbons (Fsp3) is 0.231. The number of rotatable bonds is 6. The maximum atomic E-state index is 9.30. The van der Waals surface area contributed by atoms with Crippen LogP contribution in [0.2, 0.25) is 0 Å². The molecule has 0 N–H and O–H groups in total. The first-order valence-electron chi connectivity index (χ1n) is 47.5. The first-order chi connectivity index (χ1) is 62.2. The van der Waals surface area contributed by atoms with Crippen molar-refractivity contribution in [3.8, 4) is 45.0 Å². The minimum absolute atomic E-state index is 0.272. The van der Waals surface area contributed by atoms with Crippen molar-refractivity contribution in [3.63, 3.8) is 0 Å². The van der Waals surface area contributed by atoms with Crippen molar-refractivity contribution in [2.24, 2.45) is 33.6 Å². The quantitative estimate of drug-likeness (QED) is 0.153. The Morgan fingerprint density at radius 1 is 0.350 bits per heavy atom. The van der Waals surface area contributed by atoms with Crippen LogP contribution in [-0.2, 0) is 28.2 Å². The van der Waals surface area contributed by atoms with Crippen LogP contribution in [0.1, 0.15) is 152 Å². The summed E-state index contributed by atoms with van der Waals surface area (Å²) in [5.41, 5.74) is 16.5. The Balaban J connectivity index is 0.000000116. The highest BCUT2D eigenvalue weighted by molar-refractivity contribution is 7.27. The standard InChI is InChI=1S/C33H36NS.C30H30NS.C23H18NS.C22H17N2S/c1-20-7-10-27(21(2)15-20)31-32-30(22(3)19-34(31)6)28-17-26-16-24(8-9-25(26)18-29(28)35-32)23-11-13-33(4,5)14-12-23;1-18-9-12-25(19(2)13-18)29-30-28(20(3)17-31(29)4)26-15-24-14-22(21-7-5-6-8-21)10-11-23(24)16-27(26)32-30;1-15-7-3-5-9-17(15)22-23-19(13-14-24(22)2)21-18-10-6-4-8-16(18)11-12-20(21)25-23;1-14-5-3-4-6-17(14)21-22-18(8-10-24(21)2)19-11-16-13-23-9-7-15(16)12-20(19)25-22/h7-10,15-19,23H,11-14H2,1-6H3;9-17,21H,5-8H2,1-4H3;3-14H,1-2H3;3-13H,1-2H3/q4*+1/i1D3,3D3,23D;1D3,3D3,21D;;. The summed E-state index contributed by atoms with van der Waals surface area (Å²) in [6, 6.07) is 73.1. The zero-order valence-electron chi connectivity index (χ0n) is 81.7. The van der Waals surface area contributed by atoms with Crippen molar-refractivity contribution in [1.82, 2.24) is 4.98 Å². The predicted molar refractivity (Wildman–Crippen MR) is 506 cm³/mol. The number of thiophene rings is 4. The predicted octanol–water partition coefficient (Wildman–Crippen LogP) is 29.0. The number of aryl methyl sites for hydroxylation is 12. The second kappa shape index (κ2) is 30.5. The third-order valence-electron chi connectivity index (χ3n) is 24.8. The Morgan fingerprint density at radius 2 is 0.812 bits per heavy atom. The summed E-state index contributed by atoms with van der Waals surface area (Å²) >= 11 is 6.92. The van der Waals surface area contributed by atoms with E-state index in [-0.39, 0.29) is 16.5 Å². The summed E-state index contributed by atoms with van der Waals surface area (Å²) in [7, 11) is 7.98. The van der Waals surface area contributed by atoms with Gasteiger partial charge in [0.25, 0.3) is 0 Å². The van der Waals surface area contributed by atoms with Crippen LogP contribution in [0.4, 0.5) is 0 Å². The number of fused-ring (bicyclic) bond motifs is 17. The van der Waals surface area contributed by atoms with Gasteiger partial charge in [0.15, 0.2) is 24.8 Å². The van der Waals surface area contributed by atoms with E-state index in [4.69, 9.17) is 17.8 Å². The van der Waals surface area contributed by atoms with Gasteiger partial charge in [-0.1, -0.05) is 165 Å². The molecule has 578 valence electrons. The van der Waals surface area contributed by atoms with Gasteiger partial charge in [0.1, 0.15) is 47.0 Å². The van der Waals surface area contributed by atoms with Crippen LogP contribution >= 0.6 is 45.3 Å². The highest BCUT2D eigenvalue weighted by Gasteiger charge is 2.31. The summed E-state index contributed by atoms with van der Waals surface area (Å²) in [4.78, 5) is 4.27. The Bertz CT molecular complexity index is 8040. The minimum Gasteiger partial charge on any atom is -0.264 e. The van der Waals surface area contributed by atoms with Crippen molar-refractivity contribution < 1.29 is 37.5 Å². The molecule has 2 saturated carbocycles. The second-order valence-electron chi connectivity index (χ2n) is 33.2. The zero-order chi connectivity index (χ0) is 92.2. The summed E-state index contributed by atoms with van der Waals surface area (Å²) in [5.74, 6) is -1.17. The molecule has 0 spiro atoms. The third-order valence-corrected chi connectivity index (χ3v) is 29.4. The first-order valence-corrected chi connectivity index (χ1v) is 43.8. The molecular formula is C108H101N5S4+4. The van der Waals surface area contributed by atoms with Crippen molar-refractivity contribution in [3.05, 3.63) is 305 Å². The maximum absolute atomic E-state index is 9.30. The fourth-order valence-corrected chi connectivity index (χ4v) is 23.8. The SMILES string of the molecule is Cc1ccccc1-c1c2sc3cc4ccncc4cc3c2cc[n+]1C.Cc1ccccc1-c1c2sc3ccc4ccccc4c3c2cc[n+]1C.[2H]C([2H])([2H])c1ccc(-c2c3sc4cc5ccc(C6([2H])CCC(C)(C)CC6)cc5cc4c3c(C([2H])([2H])[2H])c[n+]2C)c(C)c1.[2H]C([2H])([2H])c1ccc(-c2c3sc4cc5ccc(C6([2H])CCCC6)cc5cc4c3c(C([2H])([2H])[2H])c[n+]2C)c(C)c1. The number of pyridine rings is 5. The molecule has 22 rings (SSSR count). The molecule has 0 atom stereocenters. The molecule has 2 fully saturated rings. The second-order valence-corrected chi connectivity index (χ2v) is 37.4. The minimum atomic E-state index is -2.32. The van der Waals surface area contributed by atoms with Gasteiger partial charge < -0.3 is 0 Å². The molecular weight excluding hydrogens is 1500 g/mol. The molecule has 117 heavy (non-hydrogen) atoms. The van der Waals surface area contributed by atoms with Gasteiger partial charge in [-0.05, 0) is 255 Å². The van der Waals surface area contributed by atoms with Crippen LogP contribution in [0, 0.1) is 60.5 Å². The third kappa shape index (κ3) is 13.9. The van der Waals surface area contributed by atoms with Gasteiger partial charge in [-0.2, -0.15) is 18.3 Å². The molecule has 0 unspecified atom stereocenters. The molecule has 2 aliphatic rings. The molecule has 9 heterocycles. The normalized spacial score (nSPS) is 16.7. The lowest BCUT2D eigenvalue weighted by atomic mass is 9.71. The first kappa shape index (κ1) is 61.4. The van der Waals surface area contributed by atoms with E-state index >= 15 is 0 Å². The van der Waals surface area contributed by atoms with Crippen LogP contribution in [0.3, 0.4) is 0 Å². The van der Waals surface area contributed by atoms with Crippen LogP contribution in [0.15, 0.2) is 250 Å². The van der Waals surface area contributed by atoms with Gasteiger partial charge in [0.05, 0.1) is 22.3 Å². The molecule has 11 aromatic carbocycles. The van der Waals surface area contributed by atoms with Gasteiger partial charge in [-0.15, -0.1) is 45.3 Å². The Morgan fingerprint density at radius 3 is 1.36 bits per heavy atom. The van der Waals surface area contributed by atoms with E-state index in [1.165, 1.54) is 95.5 Å². The summed E-state index contributed by atoms with van der Waals surface area (Å²) < 4.78 is 133. The van der Waals surface area contributed by atoms with E-state index < -0.39 is 39.2 Å². The van der Waals surface area contributed by atoms with Crippen molar-refractivity contribution in [2.45, 2.75) is 132 Å². The average Bonchev–Trinajstić information content (AvgIpc) is 1.58. The molecule has 0 radical (unpaired) electrons. The molecule has 9 heteroatoms. The van der Waals surface area contributed by atoms with Crippen molar-refractivity contribution in [1.29, 1.82) is 0 Å². The Hall–Kier alpha value is -10.9. The van der Waals surface area contributed by atoms with Gasteiger partial charge >= 0.3 is 0 Å². The topological polar surface area (TPSA) is 28.4 Å².